The molecule has 0 amide bonds. The van der Waals surface area contributed by atoms with Crippen LogP contribution in [-0.2, 0) is 18.9 Å². The second-order valence-electron chi connectivity index (χ2n) is 5.14. The fourth-order valence-electron chi connectivity index (χ4n) is 2.73. The predicted octanol–water partition coefficient (Wildman–Crippen LogP) is 1.51. The largest absolute Gasteiger partial charge is 0.390 e. The maximum Gasteiger partial charge on any atom is 0.184 e. The van der Waals surface area contributed by atoms with Crippen molar-refractivity contribution < 1.29 is 24.1 Å². The van der Waals surface area contributed by atoms with E-state index in [4.69, 9.17) is 24.5 Å². The van der Waals surface area contributed by atoms with Gasteiger partial charge < -0.3 is 24.1 Å². The number of benzene rings is 1. The van der Waals surface area contributed by atoms with Gasteiger partial charge in [-0.2, -0.15) is 0 Å². The van der Waals surface area contributed by atoms with Crippen LogP contribution in [0.1, 0.15) is 11.9 Å². The van der Waals surface area contributed by atoms with Crippen molar-refractivity contribution >= 4 is 0 Å². The number of nitrogens with zero attached hydrogens (tertiary/aromatic N) is 3. The summed E-state index contributed by atoms with van der Waals surface area (Å²) in [7, 11) is 1.43. The lowest BCUT2D eigenvalue weighted by molar-refractivity contribution is -0.338. The molecule has 0 saturated carbocycles. The number of fused-ring (bicyclic) bond motifs is 1. The van der Waals surface area contributed by atoms with E-state index in [0.717, 1.165) is 5.56 Å². The van der Waals surface area contributed by atoms with Crippen LogP contribution in [0.2, 0.25) is 0 Å². The molecule has 0 radical (unpaired) electrons. The summed E-state index contributed by atoms with van der Waals surface area (Å²) >= 11 is 0. The minimum absolute atomic E-state index is 0.254. The van der Waals surface area contributed by atoms with Crippen molar-refractivity contribution in [3.05, 3.63) is 46.3 Å². The Morgan fingerprint density at radius 3 is 2.77 bits per heavy atom. The lowest BCUT2D eigenvalue weighted by Gasteiger charge is -2.46. The number of methoxy groups -OCH3 is 1. The van der Waals surface area contributed by atoms with Crippen LogP contribution in [0.25, 0.3) is 10.4 Å². The standard InChI is InChI=1S/C14H17N3O5/c1-19-14-10(16-17-15)11(18)12-9(21-14)7-20-13(22-12)8-5-3-2-4-6-8/h2-6,9-14,18H,7H2,1H3/t9-,10-,11-,12-,13-,14+/m1/s1. The van der Waals surface area contributed by atoms with Crippen LogP contribution in [0.3, 0.4) is 0 Å². The molecule has 2 heterocycles. The fourth-order valence-corrected chi connectivity index (χ4v) is 2.73. The third-order valence-electron chi connectivity index (χ3n) is 3.82. The number of azide groups is 1. The first-order valence-electron chi connectivity index (χ1n) is 6.97. The van der Waals surface area contributed by atoms with Crippen molar-refractivity contribution in [3.63, 3.8) is 0 Å². The van der Waals surface area contributed by atoms with Gasteiger partial charge in [0.05, 0.1) is 12.7 Å². The van der Waals surface area contributed by atoms with Crippen LogP contribution < -0.4 is 0 Å². The highest BCUT2D eigenvalue weighted by molar-refractivity contribution is 5.16. The van der Waals surface area contributed by atoms with Gasteiger partial charge in [-0.1, -0.05) is 35.4 Å². The molecule has 22 heavy (non-hydrogen) atoms. The van der Waals surface area contributed by atoms with E-state index in [9.17, 15) is 5.11 Å². The first-order valence-corrected chi connectivity index (χ1v) is 6.97. The lowest BCUT2D eigenvalue weighted by Crippen LogP contribution is -2.61. The Morgan fingerprint density at radius 2 is 2.09 bits per heavy atom. The smallest absolute Gasteiger partial charge is 0.184 e. The molecule has 1 aromatic rings. The number of hydrogen-bond acceptors (Lipinski definition) is 6. The van der Waals surface area contributed by atoms with Crippen molar-refractivity contribution in [2.24, 2.45) is 5.11 Å². The minimum atomic E-state index is -1.03. The topological polar surface area (TPSA) is 106 Å². The zero-order valence-electron chi connectivity index (χ0n) is 12.0. The second-order valence-corrected chi connectivity index (χ2v) is 5.14. The number of hydrogen-bond donors (Lipinski definition) is 1. The van der Waals surface area contributed by atoms with Crippen LogP contribution in [0.4, 0.5) is 0 Å². The molecule has 0 aliphatic carbocycles. The van der Waals surface area contributed by atoms with Gasteiger partial charge in [0, 0.05) is 17.6 Å². The van der Waals surface area contributed by atoms with Gasteiger partial charge in [0.2, 0.25) is 0 Å². The Hall–Kier alpha value is -1.67. The molecule has 2 saturated heterocycles. The fraction of sp³-hybridized carbons (Fsp3) is 0.571. The number of aliphatic hydroxyl groups excluding tert-OH is 1. The van der Waals surface area contributed by atoms with Gasteiger partial charge in [-0.3, -0.25) is 0 Å². The van der Waals surface area contributed by atoms with Crippen LogP contribution in [0.15, 0.2) is 35.4 Å². The summed E-state index contributed by atoms with van der Waals surface area (Å²) in [5, 5.41) is 14.0. The monoisotopic (exact) mass is 307 g/mol. The summed E-state index contributed by atoms with van der Waals surface area (Å²) in [6.45, 7) is 0.254. The lowest BCUT2D eigenvalue weighted by atomic mass is 9.96. The van der Waals surface area contributed by atoms with Gasteiger partial charge in [0.1, 0.15) is 18.2 Å². The van der Waals surface area contributed by atoms with Gasteiger partial charge >= 0.3 is 0 Å². The highest BCUT2D eigenvalue weighted by atomic mass is 16.7. The van der Waals surface area contributed by atoms with Crippen molar-refractivity contribution in [1.29, 1.82) is 0 Å². The normalized spacial score (nSPS) is 37.9. The van der Waals surface area contributed by atoms with Crippen molar-refractivity contribution in [2.75, 3.05) is 13.7 Å². The molecule has 0 bridgehead atoms. The van der Waals surface area contributed by atoms with E-state index in [1.807, 2.05) is 30.3 Å². The van der Waals surface area contributed by atoms with E-state index in [1.54, 1.807) is 0 Å². The van der Waals surface area contributed by atoms with E-state index in [1.165, 1.54) is 7.11 Å². The Kier molecular flexibility index (Phi) is 4.58. The van der Waals surface area contributed by atoms with E-state index < -0.39 is 36.9 Å². The van der Waals surface area contributed by atoms with E-state index >= 15 is 0 Å². The van der Waals surface area contributed by atoms with Crippen LogP contribution in [-0.4, -0.2) is 49.5 Å². The number of aliphatic hydroxyl groups is 1. The first-order chi connectivity index (χ1) is 10.7. The molecule has 2 aliphatic rings. The molecule has 0 spiro atoms. The summed E-state index contributed by atoms with van der Waals surface area (Å²) in [5.41, 5.74) is 9.50. The summed E-state index contributed by atoms with van der Waals surface area (Å²) in [6, 6.07) is 8.55. The maximum atomic E-state index is 10.5. The molecular formula is C14H17N3O5. The second kappa shape index (κ2) is 6.62. The summed E-state index contributed by atoms with van der Waals surface area (Å²) in [5.74, 6) is 0. The van der Waals surface area contributed by atoms with E-state index in [0.29, 0.717) is 0 Å². The van der Waals surface area contributed by atoms with E-state index in [2.05, 4.69) is 10.0 Å². The predicted molar refractivity (Wildman–Crippen MR) is 74.6 cm³/mol. The molecule has 0 unspecified atom stereocenters. The van der Waals surface area contributed by atoms with Crippen molar-refractivity contribution in [1.82, 2.24) is 0 Å². The Morgan fingerprint density at radius 1 is 1.32 bits per heavy atom. The van der Waals surface area contributed by atoms with Crippen molar-refractivity contribution in [2.45, 2.75) is 36.9 Å². The van der Waals surface area contributed by atoms with Crippen LogP contribution in [0, 0.1) is 0 Å². The number of ether oxygens (including phenoxy) is 4. The van der Waals surface area contributed by atoms with Crippen LogP contribution >= 0.6 is 0 Å². The molecule has 8 heteroatoms. The summed E-state index contributed by atoms with van der Waals surface area (Å²) < 4.78 is 22.3. The highest BCUT2D eigenvalue weighted by Gasteiger charge is 2.49. The van der Waals surface area contributed by atoms with Crippen LogP contribution in [0.5, 0.6) is 0 Å². The molecule has 6 atom stereocenters. The van der Waals surface area contributed by atoms with Gasteiger partial charge in [0.15, 0.2) is 12.6 Å². The molecule has 3 rings (SSSR count). The van der Waals surface area contributed by atoms with E-state index in [-0.39, 0.29) is 6.61 Å². The molecule has 2 aliphatic heterocycles. The third-order valence-corrected chi connectivity index (χ3v) is 3.82. The number of rotatable bonds is 3. The Labute approximate surface area is 127 Å². The first kappa shape index (κ1) is 15.2. The quantitative estimate of drug-likeness (QED) is 0.517. The van der Waals surface area contributed by atoms with Gasteiger partial charge in [-0.15, -0.1) is 0 Å². The molecule has 8 nitrogen and oxygen atoms in total. The SMILES string of the molecule is CO[C@H]1O[C@@H]2CO[C@@H](c3ccccc3)O[C@H]2[C@H](O)[C@H]1N=[N+]=[N-]. The zero-order chi connectivity index (χ0) is 15.5. The molecule has 2 fully saturated rings. The molecule has 1 N–H and O–H groups in total. The average molecular weight is 307 g/mol. The summed E-state index contributed by atoms with van der Waals surface area (Å²) in [6.07, 6.45) is -3.58. The van der Waals surface area contributed by atoms with Gasteiger partial charge in [0.25, 0.3) is 0 Å². The average Bonchev–Trinajstić information content (AvgIpc) is 2.58. The Bertz CT molecular complexity index is 551. The zero-order valence-corrected chi connectivity index (χ0v) is 12.0. The maximum absolute atomic E-state index is 10.5. The van der Waals surface area contributed by atoms with Gasteiger partial charge in [-0.05, 0) is 5.53 Å². The third kappa shape index (κ3) is 2.80. The molecular weight excluding hydrogens is 290 g/mol. The molecule has 1 aromatic carbocycles. The highest BCUT2D eigenvalue weighted by Crippen LogP contribution is 2.35. The minimum Gasteiger partial charge on any atom is -0.390 e. The Balaban J connectivity index is 1.79. The van der Waals surface area contributed by atoms with Crippen molar-refractivity contribution in [3.8, 4) is 0 Å². The van der Waals surface area contributed by atoms with Gasteiger partial charge in [-0.25, -0.2) is 0 Å². The molecule has 0 aromatic heterocycles. The summed E-state index contributed by atoms with van der Waals surface area (Å²) in [4.78, 5) is 2.74. The molecule has 118 valence electrons.